The summed E-state index contributed by atoms with van der Waals surface area (Å²) in [4.78, 5) is 29.8. The molecule has 2 aromatic rings. The Morgan fingerprint density at radius 3 is 2.22 bits per heavy atom. The fourth-order valence-corrected chi connectivity index (χ4v) is 4.05. The number of nitrogens with zero attached hydrogens (tertiary/aromatic N) is 2. The van der Waals surface area contributed by atoms with Gasteiger partial charge in [-0.25, -0.2) is 0 Å². The molecule has 0 spiro atoms. The van der Waals surface area contributed by atoms with Gasteiger partial charge in [0, 0.05) is 23.7 Å². The van der Waals surface area contributed by atoms with Crippen molar-refractivity contribution in [3.8, 4) is 5.75 Å². The van der Waals surface area contributed by atoms with Crippen LogP contribution >= 0.6 is 11.6 Å². The number of carbonyl (C=O) groups is 2. The van der Waals surface area contributed by atoms with Crippen molar-refractivity contribution < 1.29 is 19.4 Å². The predicted octanol–water partition coefficient (Wildman–Crippen LogP) is 4.50. The fourth-order valence-electron chi connectivity index (χ4n) is 3.92. The number of ether oxygens (including phenoxy) is 1. The number of benzene rings is 2. The molecule has 170 valence electrons. The lowest BCUT2D eigenvalue weighted by molar-refractivity contribution is -0.140. The van der Waals surface area contributed by atoms with Gasteiger partial charge in [-0.05, 0) is 62.0 Å². The van der Waals surface area contributed by atoms with E-state index in [1.807, 2.05) is 31.2 Å². The lowest BCUT2D eigenvalue weighted by Gasteiger charge is -2.28. The quantitative estimate of drug-likeness (QED) is 0.341. The number of hydrogen-bond acceptors (Lipinski definition) is 5. The first-order valence-corrected chi connectivity index (χ1v) is 11.3. The summed E-state index contributed by atoms with van der Waals surface area (Å²) < 4.78 is 5.53. The molecule has 1 amide bonds. The first-order chi connectivity index (χ1) is 15.4. The second-order valence-electron chi connectivity index (χ2n) is 7.53. The summed E-state index contributed by atoms with van der Waals surface area (Å²) in [5, 5.41) is 11.6. The van der Waals surface area contributed by atoms with Gasteiger partial charge in [0.1, 0.15) is 11.5 Å². The lowest BCUT2D eigenvalue weighted by Crippen LogP contribution is -2.38. The van der Waals surface area contributed by atoms with Crippen LogP contribution in [0.15, 0.2) is 54.1 Å². The standard InChI is InChI=1S/C25H29ClN2O4/c1-4-27(5-2)15-16-28-22(17-9-13-20(14-10-17)32-6-3)21(24(30)25(28)31)23(29)18-7-11-19(26)12-8-18/h7-14,22,29H,4-6,15-16H2,1-3H3/t22-/m0/s1. The van der Waals surface area contributed by atoms with E-state index in [9.17, 15) is 14.7 Å². The highest BCUT2D eigenvalue weighted by atomic mass is 35.5. The van der Waals surface area contributed by atoms with Gasteiger partial charge in [0.05, 0.1) is 18.2 Å². The van der Waals surface area contributed by atoms with Gasteiger partial charge in [0.15, 0.2) is 0 Å². The molecule has 32 heavy (non-hydrogen) atoms. The van der Waals surface area contributed by atoms with Gasteiger partial charge in [-0.2, -0.15) is 0 Å². The van der Waals surface area contributed by atoms with Gasteiger partial charge in [-0.3, -0.25) is 9.59 Å². The minimum Gasteiger partial charge on any atom is -0.507 e. The Balaban J connectivity index is 2.06. The first kappa shape index (κ1) is 23.8. The smallest absolute Gasteiger partial charge is 0.295 e. The molecule has 1 aliphatic heterocycles. The van der Waals surface area contributed by atoms with Crippen LogP contribution in [0, 0.1) is 0 Å². The molecule has 7 heteroatoms. The van der Waals surface area contributed by atoms with Crippen LogP contribution in [0.2, 0.25) is 5.02 Å². The molecule has 0 radical (unpaired) electrons. The molecule has 0 unspecified atom stereocenters. The van der Waals surface area contributed by atoms with Gasteiger partial charge < -0.3 is 19.6 Å². The number of likely N-dealkylation sites (tertiary alicyclic amines) is 1. The van der Waals surface area contributed by atoms with E-state index in [0.29, 0.717) is 36.0 Å². The minimum absolute atomic E-state index is 0.0843. The number of aliphatic hydroxyl groups is 1. The number of aliphatic hydroxyl groups excluding tert-OH is 1. The summed E-state index contributed by atoms with van der Waals surface area (Å²) >= 11 is 5.97. The number of halogens is 1. The summed E-state index contributed by atoms with van der Waals surface area (Å²) in [6.07, 6.45) is 0. The Kier molecular flexibility index (Phi) is 7.94. The fraction of sp³-hybridized carbons (Fsp3) is 0.360. The predicted molar refractivity (Wildman–Crippen MR) is 126 cm³/mol. The van der Waals surface area contributed by atoms with Crippen LogP contribution in [0.4, 0.5) is 0 Å². The number of likely N-dealkylation sites (N-methyl/N-ethyl adjacent to an activating group) is 1. The minimum atomic E-state index is -0.684. The molecule has 1 heterocycles. The molecule has 6 nitrogen and oxygen atoms in total. The monoisotopic (exact) mass is 456 g/mol. The molecule has 1 fully saturated rings. The highest BCUT2D eigenvalue weighted by Crippen LogP contribution is 2.39. The van der Waals surface area contributed by atoms with E-state index in [2.05, 4.69) is 18.7 Å². The highest BCUT2D eigenvalue weighted by Gasteiger charge is 2.45. The SMILES string of the molecule is CCOc1ccc([C@H]2C(=C(O)c3ccc(Cl)cc3)C(=O)C(=O)N2CCN(CC)CC)cc1. The summed E-state index contributed by atoms with van der Waals surface area (Å²) in [5.41, 5.74) is 1.26. The average molecular weight is 457 g/mol. The number of Topliss-reactive ketones (excluding diaryl/α,β-unsaturated/α-hetero) is 1. The number of ketones is 1. The molecule has 1 N–H and O–H groups in total. The van der Waals surface area contributed by atoms with E-state index in [1.54, 1.807) is 29.2 Å². The zero-order valence-corrected chi connectivity index (χ0v) is 19.4. The van der Waals surface area contributed by atoms with Gasteiger partial charge in [0.25, 0.3) is 11.7 Å². The van der Waals surface area contributed by atoms with Gasteiger partial charge in [-0.1, -0.05) is 37.6 Å². The topological polar surface area (TPSA) is 70.1 Å². The Hall–Kier alpha value is -2.83. The maximum atomic E-state index is 13.1. The van der Waals surface area contributed by atoms with Crippen molar-refractivity contribution >= 4 is 29.1 Å². The van der Waals surface area contributed by atoms with Crippen LogP contribution in [0.3, 0.4) is 0 Å². The van der Waals surface area contributed by atoms with Crippen LogP contribution in [-0.2, 0) is 9.59 Å². The third-order valence-corrected chi connectivity index (χ3v) is 5.97. The Morgan fingerprint density at radius 2 is 1.66 bits per heavy atom. The van der Waals surface area contributed by atoms with E-state index in [-0.39, 0.29) is 11.3 Å². The lowest BCUT2D eigenvalue weighted by atomic mass is 9.95. The summed E-state index contributed by atoms with van der Waals surface area (Å²) in [6.45, 7) is 9.26. The van der Waals surface area contributed by atoms with Crippen molar-refractivity contribution in [2.75, 3.05) is 32.8 Å². The third-order valence-electron chi connectivity index (χ3n) is 5.72. The zero-order valence-electron chi connectivity index (χ0n) is 18.7. The molecule has 0 aromatic heterocycles. The average Bonchev–Trinajstić information content (AvgIpc) is 3.05. The van der Waals surface area contributed by atoms with E-state index in [0.717, 1.165) is 18.7 Å². The maximum absolute atomic E-state index is 13.1. The molecule has 1 aliphatic rings. The second kappa shape index (κ2) is 10.7. The molecule has 3 rings (SSSR count). The van der Waals surface area contributed by atoms with E-state index in [1.165, 1.54) is 0 Å². The normalized spacial score (nSPS) is 17.9. The van der Waals surface area contributed by atoms with Crippen LogP contribution in [-0.4, -0.2) is 59.4 Å². The summed E-state index contributed by atoms with van der Waals surface area (Å²) in [7, 11) is 0. The van der Waals surface area contributed by atoms with Crippen molar-refractivity contribution in [2.45, 2.75) is 26.8 Å². The van der Waals surface area contributed by atoms with Crippen LogP contribution < -0.4 is 4.74 Å². The van der Waals surface area contributed by atoms with E-state index < -0.39 is 17.7 Å². The number of hydrogen-bond donors (Lipinski definition) is 1. The number of rotatable bonds is 9. The van der Waals surface area contributed by atoms with E-state index >= 15 is 0 Å². The van der Waals surface area contributed by atoms with Crippen molar-refractivity contribution in [3.63, 3.8) is 0 Å². The zero-order chi connectivity index (χ0) is 23.3. The number of amides is 1. The molecular formula is C25H29ClN2O4. The summed E-state index contributed by atoms with van der Waals surface area (Å²) in [6, 6.07) is 13.2. The molecule has 0 aliphatic carbocycles. The van der Waals surface area contributed by atoms with Gasteiger partial charge >= 0.3 is 0 Å². The molecule has 1 saturated heterocycles. The molecule has 0 saturated carbocycles. The van der Waals surface area contributed by atoms with Crippen molar-refractivity contribution in [1.29, 1.82) is 0 Å². The largest absolute Gasteiger partial charge is 0.507 e. The summed E-state index contributed by atoms with van der Waals surface area (Å²) in [5.74, 6) is -0.791. The third kappa shape index (κ3) is 4.97. The highest BCUT2D eigenvalue weighted by molar-refractivity contribution is 6.46. The molecule has 2 aromatic carbocycles. The van der Waals surface area contributed by atoms with Crippen LogP contribution in [0.25, 0.3) is 5.76 Å². The van der Waals surface area contributed by atoms with E-state index in [4.69, 9.17) is 16.3 Å². The Bertz CT molecular complexity index is 982. The molecule has 0 bridgehead atoms. The van der Waals surface area contributed by atoms with Crippen molar-refractivity contribution in [2.24, 2.45) is 0 Å². The first-order valence-electron chi connectivity index (χ1n) is 10.9. The van der Waals surface area contributed by atoms with Crippen LogP contribution in [0.1, 0.15) is 37.9 Å². The van der Waals surface area contributed by atoms with Crippen molar-refractivity contribution in [3.05, 3.63) is 70.3 Å². The Morgan fingerprint density at radius 1 is 1.03 bits per heavy atom. The molecule has 1 atom stereocenters. The Labute approximate surface area is 194 Å². The van der Waals surface area contributed by atoms with Crippen LogP contribution in [0.5, 0.6) is 5.75 Å². The van der Waals surface area contributed by atoms with Gasteiger partial charge in [-0.15, -0.1) is 0 Å². The molecular weight excluding hydrogens is 428 g/mol. The number of carbonyl (C=O) groups excluding carboxylic acids is 2. The van der Waals surface area contributed by atoms with Crippen molar-refractivity contribution in [1.82, 2.24) is 9.80 Å². The second-order valence-corrected chi connectivity index (χ2v) is 7.96. The maximum Gasteiger partial charge on any atom is 0.295 e. The van der Waals surface area contributed by atoms with Gasteiger partial charge in [0.2, 0.25) is 0 Å².